The molecule has 5 aliphatic rings. The summed E-state index contributed by atoms with van der Waals surface area (Å²) in [6, 6.07) is 11.6. The molecule has 0 aromatic heterocycles. The van der Waals surface area contributed by atoms with Gasteiger partial charge in [-0.15, -0.1) is 0 Å². The molecule has 50 heavy (non-hydrogen) atoms. The lowest BCUT2D eigenvalue weighted by atomic mass is 9.65. The Labute approximate surface area is 303 Å². The number of nitrogens with zero attached hydrogens (tertiary/aromatic N) is 2. The molecule has 5 atom stereocenters. The minimum Gasteiger partial charge on any atom is -0.487 e. The van der Waals surface area contributed by atoms with Gasteiger partial charge in [0.15, 0.2) is 6.29 Å². The van der Waals surface area contributed by atoms with Gasteiger partial charge in [-0.1, -0.05) is 31.0 Å². The van der Waals surface area contributed by atoms with Crippen LogP contribution in [0.4, 0.5) is 5.69 Å². The number of nitrogens with one attached hydrogen (secondary N) is 1. The van der Waals surface area contributed by atoms with E-state index in [1.54, 1.807) is 13.0 Å². The Balaban J connectivity index is 1.20. The lowest BCUT2D eigenvalue weighted by Crippen LogP contribution is -2.51. The predicted octanol–water partition coefficient (Wildman–Crippen LogP) is 6.81. The number of fused-ring (bicyclic) bond motifs is 3. The highest BCUT2D eigenvalue weighted by atomic mass is 35.5. The number of rotatable bonds is 2. The second-order valence-electron chi connectivity index (χ2n) is 15.5. The van der Waals surface area contributed by atoms with Crippen molar-refractivity contribution >= 4 is 33.2 Å². The Bertz CT molecular complexity index is 1610. The van der Waals surface area contributed by atoms with Crippen molar-refractivity contribution < 1.29 is 27.4 Å². The Morgan fingerprint density at radius 2 is 1.62 bits per heavy atom. The summed E-state index contributed by atoms with van der Waals surface area (Å²) in [5.41, 5.74) is 3.45. The maximum absolute atomic E-state index is 13.6. The molecule has 0 unspecified atom stereocenters. The van der Waals surface area contributed by atoms with Crippen LogP contribution in [0.2, 0.25) is 5.02 Å². The number of halogens is 1. The molecular formula is C39H54ClN3O6S. The highest BCUT2D eigenvalue weighted by Crippen LogP contribution is 2.46. The summed E-state index contributed by atoms with van der Waals surface area (Å²) in [4.78, 5) is 18.5. The van der Waals surface area contributed by atoms with E-state index in [1.165, 1.54) is 18.4 Å². The molecule has 1 N–H and O–H groups in total. The normalized spacial score (nSPS) is 32.7. The molecule has 4 aliphatic heterocycles. The lowest BCUT2D eigenvalue weighted by molar-refractivity contribution is -0.242. The highest BCUT2D eigenvalue weighted by molar-refractivity contribution is 7.90. The minimum absolute atomic E-state index is 0.118. The lowest BCUT2D eigenvalue weighted by Gasteiger charge is -2.48. The summed E-state index contributed by atoms with van der Waals surface area (Å²) in [5, 5.41) is 0.00779. The van der Waals surface area contributed by atoms with Gasteiger partial charge < -0.3 is 19.1 Å². The van der Waals surface area contributed by atoms with Crippen molar-refractivity contribution in [3.05, 3.63) is 58.1 Å². The third kappa shape index (κ3) is 7.99. The summed E-state index contributed by atoms with van der Waals surface area (Å²) >= 11 is 6.39. The molecule has 2 bridgehead atoms. The van der Waals surface area contributed by atoms with Gasteiger partial charge in [0.05, 0.1) is 30.2 Å². The first-order chi connectivity index (χ1) is 24.2. The van der Waals surface area contributed by atoms with Crippen LogP contribution in [-0.4, -0.2) is 76.2 Å². The summed E-state index contributed by atoms with van der Waals surface area (Å²) in [6.07, 6.45) is 9.93. The number of hydrogen-bond acceptors (Lipinski definition) is 8. The predicted molar refractivity (Wildman–Crippen MR) is 196 cm³/mol. The molecule has 1 aliphatic carbocycles. The van der Waals surface area contributed by atoms with Gasteiger partial charge in [0.25, 0.3) is 5.91 Å². The van der Waals surface area contributed by atoms with Gasteiger partial charge in [-0.2, -0.15) is 0 Å². The average Bonchev–Trinajstić information content (AvgIpc) is 3.63. The smallest absolute Gasteiger partial charge is 0.264 e. The number of likely N-dealkylation sites (tertiary alicyclic amines) is 1. The molecule has 1 saturated carbocycles. The molecule has 3 fully saturated rings. The van der Waals surface area contributed by atoms with E-state index in [2.05, 4.69) is 14.5 Å². The largest absolute Gasteiger partial charge is 0.487 e. The quantitative estimate of drug-likeness (QED) is 0.361. The number of hydrogen-bond donors (Lipinski definition) is 1. The van der Waals surface area contributed by atoms with Crippen LogP contribution >= 0.6 is 11.6 Å². The third-order valence-electron chi connectivity index (χ3n) is 12.4. The molecule has 0 radical (unpaired) electrons. The van der Waals surface area contributed by atoms with Gasteiger partial charge >= 0.3 is 0 Å². The standard InChI is InChI=1S/C39H54ClN3O6S/c1-26-8-7-10-35(39-48-24-33(25-49-39)42-17-5-6-18-42)34-15-12-30(34)22-43-19-4-3-9-28-20-32(40)14-11-31(28)23-47-37-16-13-29(21-36(37)43)38(44)41-50(45,46)27(26)2/h11,13-14,16,20-21,26-27,30,33-35,39H,3-10,12,15,17-19,22-25H2,1-2H3,(H,41,44)/t26-,27+,30-,33-,34+,35+,39-/m0/s1. The van der Waals surface area contributed by atoms with E-state index in [1.807, 2.05) is 37.3 Å². The Morgan fingerprint density at radius 3 is 2.38 bits per heavy atom. The number of sulfonamides is 1. The number of aryl methyl sites for hydroxylation is 1. The molecule has 1 amide bonds. The van der Waals surface area contributed by atoms with Crippen LogP contribution in [0.25, 0.3) is 0 Å². The average molecular weight is 728 g/mol. The highest BCUT2D eigenvalue weighted by Gasteiger charge is 2.44. The first-order valence-corrected chi connectivity index (χ1v) is 20.9. The fraction of sp³-hybridized carbons (Fsp3) is 0.667. The van der Waals surface area contributed by atoms with Gasteiger partial charge in [0, 0.05) is 29.6 Å². The second-order valence-corrected chi connectivity index (χ2v) is 17.9. The van der Waals surface area contributed by atoms with Gasteiger partial charge in [-0.3, -0.25) is 9.69 Å². The zero-order valence-corrected chi connectivity index (χ0v) is 31.2. The molecule has 2 aromatic carbocycles. The maximum Gasteiger partial charge on any atom is 0.264 e. The third-order valence-corrected chi connectivity index (χ3v) is 14.5. The van der Waals surface area contributed by atoms with Crippen LogP contribution in [0.15, 0.2) is 36.4 Å². The van der Waals surface area contributed by atoms with Crippen molar-refractivity contribution in [3.8, 4) is 5.75 Å². The van der Waals surface area contributed by atoms with E-state index in [4.69, 9.17) is 25.8 Å². The number of carbonyl (C=O) groups is 1. The van der Waals surface area contributed by atoms with Crippen LogP contribution in [0, 0.1) is 23.7 Å². The molecule has 9 nitrogen and oxygen atoms in total. The van der Waals surface area contributed by atoms with E-state index in [9.17, 15) is 13.2 Å². The molecule has 0 spiro atoms. The fourth-order valence-corrected chi connectivity index (χ4v) is 10.4. The molecular weight excluding hydrogens is 674 g/mol. The Kier molecular flexibility index (Phi) is 11.3. The van der Waals surface area contributed by atoms with Crippen molar-refractivity contribution in [1.29, 1.82) is 0 Å². The van der Waals surface area contributed by atoms with E-state index in [-0.39, 0.29) is 18.1 Å². The zero-order chi connectivity index (χ0) is 34.8. The van der Waals surface area contributed by atoms with Crippen LogP contribution in [0.5, 0.6) is 5.75 Å². The van der Waals surface area contributed by atoms with Crippen molar-refractivity contribution in [1.82, 2.24) is 9.62 Å². The van der Waals surface area contributed by atoms with Crippen molar-refractivity contribution in [3.63, 3.8) is 0 Å². The van der Waals surface area contributed by atoms with E-state index in [0.717, 1.165) is 93.8 Å². The number of ether oxygens (including phenoxy) is 3. The van der Waals surface area contributed by atoms with Crippen molar-refractivity contribution in [2.75, 3.05) is 44.3 Å². The van der Waals surface area contributed by atoms with Crippen molar-refractivity contribution in [2.45, 2.75) is 102 Å². The first-order valence-electron chi connectivity index (χ1n) is 19.0. The topological polar surface area (TPSA) is 97.4 Å². The number of anilines is 1. The van der Waals surface area contributed by atoms with Crippen LogP contribution in [-0.2, 0) is 32.5 Å². The molecule has 2 saturated heterocycles. The Hall–Kier alpha value is -2.37. The Morgan fingerprint density at radius 1 is 0.840 bits per heavy atom. The summed E-state index contributed by atoms with van der Waals surface area (Å²) in [7, 11) is -3.90. The molecule has 7 rings (SSSR count). The van der Waals surface area contributed by atoms with Gasteiger partial charge in [-0.25, -0.2) is 13.1 Å². The van der Waals surface area contributed by atoms with E-state index in [0.29, 0.717) is 49.0 Å². The van der Waals surface area contributed by atoms with Crippen LogP contribution in [0.1, 0.15) is 93.1 Å². The molecule has 4 heterocycles. The first kappa shape index (κ1) is 36.0. The summed E-state index contributed by atoms with van der Waals surface area (Å²) < 4.78 is 49.1. The van der Waals surface area contributed by atoms with E-state index >= 15 is 0 Å². The number of amides is 1. The van der Waals surface area contributed by atoms with Crippen LogP contribution in [0.3, 0.4) is 0 Å². The second kappa shape index (κ2) is 15.7. The van der Waals surface area contributed by atoms with Gasteiger partial charge in [0.1, 0.15) is 12.4 Å². The molecule has 2 aromatic rings. The maximum atomic E-state index is 13.6. The van der Waals surface area contributed by atoms with Gasteiger partial charge in [0.2, 0.25) is 10.0 Å². The number of benzene rings is 2. The van der Waals surface area contributed by atoms with E-state index < -0.39 is 21.2 Å². The molecule has 11 heteroatoms. The number of carbonyl (C=O) groups excluding carboxylic acids is 1. The summed E-state index contributed by atoms with van der Waals surface area (Å²) in [6.45, 7) is 9.36. The SMILES string of the molecule is C[C@@H]1[C@@H](C)CCC[C@@H]([C@H]2OC[C@H](N3CCCC3)CO2)[C@@H]2CC[C@H]2CN2CCCCc3cc(Cl)ccc3COc3ccc(cc32)C(=O)NS1(=O)=O. The monoisotopic (exact) mass is 727 g/mol. The minimum atomic E-state index is -3.90. The fourth-order valence-electron chi connectivity index (χ4n) is 8.87. The zero-order valence-electron chi connectivity index (χ0n) is 29.7. The summed E-state index contributed by atoms with van der Waals surface area (Å²) in [5.74, 6) is 1.09. The van der Waals surface area contributed by atoms with Gasteiger partial charge in [-0.05, 0) is 137 Å². The van der Waals surface area contributed by atoms with Crippen molar-refractivity contribution in [2.24, 2.45) is 23.7 Å². The van der Waals surface area contributed by atoms with Crippen LogP contribution < -0.4 is 14.4 Å². The molecule has 274 valence electrons.